The molecule has 3 N–H and O–H groups in total. The van der Waals surface area contributed by atoms with E-state index >= 15 is 0 Å². The largest absolute Gasteiger partial charge is 0.497 e. The predicted octanol–water partition coefficient (Wildman–Crippen LogP) is 8.82. The van der Waals surface area contributed by atoms with Crippen LogP contribution in [0.25, 0.3) is 0 Å². The molecule has 0 saturated heterocycles. The van der Waals surface area contributed by atoms with Crippen molar-refractivity contribution in [3.05, 3.63) is 166 Å². The van der Waals surface area contributed by atoms with E-state index in [0.717, 1.165) is 38.9 Å². The fourth-order valence-electron chi connectivity index (χ4n) is 6.01. The lowest BCUT2D eigenvalue weighted by Gasteiger charge is -2.23. The summed E-state index contributed by atoms with van der Waals surface area (Å²) in [5, 5.41) is 9.94. The zero-order valence-corrected chi connectivity index (χ0v) is 31.6. The van der Waals surface area contributed by atoms with Crippen LogP contribution in [-0.4, -0.2) is 41.7 Å². The summed E-state index contributed by atoms with van der Waals surface area (Å²) in [6.07, 6.45) is 0. The minimum atomic E-state index is -0.495. The molecule has 10 nitrogen and oxygen atoms in total. The van der Waals surface area contributed by atoms with Crippen molar-refractivity contribution >= 4 is 29.4 Å². The first-order valence-corrected chi connectivity index (χ1v) is 17.9. The molecule has 0 saturated carbocycles. The minimum Gasteiger partial charge on any atom is -0.497 e. The van der Waals surface area contributed by atoms with Crippen LogP contribution in [0.1, 0.15) is 64.0 Å². The highest BCUT2D eigenvalue weighted by Gasteiger charge is 2.22. The molecule has 0 aliphatic heterocycles. The monoisotopic (exact) mass is 742 g/mol. The Morgan fingerprint density at radius 1 is 0.648 bits per heavy atom. The number of carbonyl (C=O) groups excluding carboxylic acids is 1. The second-order valence-corrected chi connectivity index (χ2v) is 13.2. The van der Waals surface area contributed by atoms with Crippen molar-refractivity contribution in [3.8, 4) is 17.2 Å². The van der Waals surface area contributed by atoms with Crippen molar-refractivity contribution in [2.75, 3.05) is 31.5 Å². The molecular weight excluding hydrogens is 700 g/mol. The fraction of sp³-hybridized carbons (Fsp3) is 0.209. The van der Waals surface area contributed by atoms with E-state index in [-0.39, 0.29) is 35.8 Å². The van der Waals surface area contributed by atoms with Crippen molar-refractivity contribution < 1.29 is 19.0 Å². The molecule has 1 aromatic heterocycles. The average Bonchev–Trinajstić information content (AvgIpc) is 3.19. The number of carbonyl (C=O) groups is 1. The number of hydrogen-bond acceptors (Lipinski definition) is 9. The maximum absolute atomic E-state index is 13.3. The molecule has 0 fully saturated rings. The summed E-state index contributed by atoms with van der Waals surface area (Å²) < 4.78 is 17.2. The lowest BCUT2D eigenvalue weighted by molar-refractivity contribution is -0.123. The van der Waals surface area contributed by atoms with Crippen molar-refractivity contribution in [3.63, 3.8) is 0 Å². The van der Waals surface area contributed by atoms with Gasteiger partial charge in [-0.2, -0.15) is 15.0 Å². The number of nitrogens with one attached hydrogen (secondary N) is 3. The number of hydrogen-bond donors (Lipinski definition) is 3. The van der Waals surface area contributed by atoms with Crippen LogP contribution in [-0.2, 0) is 4.79 Å². The quantitative estimate of drug-likeness (QED) is 0.0948. The van der Waals surface area contributed by atoms with Crippen LogP contribution in [0.15, 0.2) is 121 Å². The summed E-state index contributed by atoms with van der Waals surface area (Å²) in [7, 11) is 3.21. The van der Waals surface area contributed by atoms with Gasteiger partial charge in [-0.1, -0.05) is 102 Å². The van der Waals surface area contributed by atoms with Crippen LogP contribution >= 0.6 is 11.6 Å². The van der Waals surface area contributed by atoms with Gasteiger partial charge in [0.15, 0.2) is 6.61 Å². The fourth-order valence-corrected chi connectivity index (χ4v) is 6.17. The van der Waals surface area contributed by atoms with Gasteiger partial charge in [-0.25, -0.2) is 0 Å². The van der Waals surface area contributed by atoms with Gasteiger partial charge < -0.3 is 30.2 Å². The molecule has 0 bridgehead atoms. The highest BCUT2D eigenvalue weighted by Crippen LogP contribution is 2.36. The molecule has 1 heterocycles. The number of methoxy groups -OCH3 is 2. The van der Waals surface area contributed by atoms with Crippen molar-refractivity contribution in [1.82, 2.24) is 20.3 Å². The van der Waals surface area contributed by atoms with Crippen LogP contribution in [0.4, 0.5) is 11.9 Å². The van der Waals surface area contributed by atoms with Gasteiger partial charge in [0.25, 0.3) is 5.91 Å². The molecule has 6 rings (SSSR count). The third-order valence-corrected chi connectivity index (χ3v) is 9.16. The van der Waals surface area contributed by atoms with Gasteiger partial charge in [-0.3, -0.25) is 4.79 Å². The van der Waals surface area contributed by atoms with E-state index in [1.165, 1.54) is 0 Å². The number of halogens is 1. The molecule has 11 heteroatoms. The highest BCUT2D eigenvalue weighted by atomic mass is 35.5. The number of anilines is 2. The second-order valence-electron chi connectivity index (χ2n) is 12.9. The molecule has 276 valence electrons. The molecule has 0 spiro atoms. The Balaban J connectivity index is 1.21. The first kappa shape index (κ1) is 37.6. The summed E-state index contributed by atoms with van der Waals surface area (Å²) in [5.41, 5.74) is 6.99. The number of aromatic nitrogens is 3. The van der Waals surface area contributed by atoms with Crippen LogP contribution in [0.2, 0.25) is 5.28 Å². The SMILES string of the molecule is COc1ccc(C(Nc2nc(Cl)nc(NC(C)c3ccccc3)n2)c2ccc(OCC(=O)NC(c3ccc(C)cc3)c3ccc(C)cc3)cc2)c(OC)c1. The van der Waals surface area contributed by atoms with Crippen LogP contribution in [0.5, 0.6) is 17.2 Å². The van der Waals surface area contributed by atoms with Gasteiger partial charge in [-0.05, 0) is 78.9 Å². The Kier molecular flexibility index (Phi) is 12.3. The maximum atomic E-state index is 13.3. The smallest absolute Gasteiger partial charge is 0.258 e. The Bertz CT molecular complexity index is 2100. The first-order valence-electron chi connectivity index (χ1n) is 17.6. The normalized spacial score (nSPS) is 12.1. The summed E-state index contributed by atoms with van der Waals surface area (Å²) >= 11 is 6.41. The molecule has 6 aromatic rings. The Morgan fingerprint density at radius 3 is 1.80 bits per heavy atom. The number of aryl methyl sites for hydroxylation is 2. The Labute approximate surface area is 320 Å². The number of amides is 1. The van der Waals surface area contributed by atoms with Gasteiger partial charge in [0.1, 0.15) is 17.2 Å². The van der Waals surface area contributed by atoms with Gasteiger partial charge in [0.05, 0.1) is 32.3 Å². The number of nitrogens with zero attached hydrogens (tertiary/aromatic N) is 3. The lowest BCUT2D eigenvalue weighted by atomic mass is 9.97. The summed E-state index contributed by atoms with van der Waals surface area (Å²) in [6, 6.07) is 38.5. The van der Waals surface area contributed by atoms with Gasteiger partial charge in [0.2, 0.25) is 17.2 Å². The van der Waals surface area contributed by atoms with Gasteiger partial charge in [-0.15, -0.1) is 0 Å². The van der Waals surface area contributed by atoms with E-state index < -0.39 is 6.04 Å². The van der Waals surface area contributed by atoms with E-state index in [1.54, 1.807) is 14.2 Å². The molecule has 0 aliphatic rings. The standard InChI is InChI=1S/C43H43ClN6O4/c1-27-11-15-31(16-12-27)39(32-17-13-28(2)14-18-32)46-38(51)26-54-34-21-19-33(20-22-34)40(36-24-23-35(52-4)25-37(36)53-5)47-43-49-41(44)48-42(50-43)45-29(3)30-9-7-6-8-10-30/h6-25,29,39-40H,26H2,1-5H3,(H,46,51)(H2,45,47,48,49,50). The lowest BCUT2D eigenvalue weighted by Crippen LogP contribution is -2.33. The summed E-state index contributed by atoms with van der Waals surface area (Å²) in [4.78, 5) is 26.7. The van der Waals surface area contributed by atoms with E-state index in [4.69, 9.17) is 25.8 Å². The van der Waals surface area contributed by atoms with Crippen LogP contribution < -0.4 is 30.2 Å². The molecule has 0 aliphatic carbocycles. The first-order chi connectivity index (χ1) is 26.2. The maximum Gasteiger partial charge on any atom is 0.258 e. The number of benzene rings is 5. The molecule has 54 heavy (non-hydrogen) atoms. The van der Waals surface area contributed by atoms with E-state index in [0.29, 0.717) is 23.2 Å². The molecule has 2 atom stereocenters. The molecule has 0 radical (unpaired) electrons. The third kappa shape index (κ3) is 9.64. The van der Waals surface area contributed by atoms with E-state index in [1.807, 2.05) is 142 Å². The number of ether oxygens (including phenoxy) is 3. The number of rotatable bonds is 15. The van der Waals surface area contributed by atoms with Crippen LogP contribution in [0, 0.1) is 13.8 Å². The second kappa shape index (κ2) is 17.6. The zero-order chi connectivity index (χ0) is 38.0. The molecule has 1 amide bonds. The topological polar surface area (TPSA) is 120 Å². The highest BCUT2D eigenvalue weighted by molar-refractivity contribution is 6.28. The third-order valence-electron chi connectivity index (χ3n) is 8.99. The van der Waals surface area contributed by atoms with E-state index in [2.05, 4.69) is 30.9 Å². The molecule has 2 unspecified atom stereocenters. The Morgan fingerprint density at radius 2 is 1.20 bits per heavy atom. The predicted molar refractivity (Wildman–Crippen MR) is 213 cm³/mol. The Hall–Kier alpha value is -6.13. The van der Waals surface area contributed by atoms with Gasteiger partial charge in [0, 0.05) is 11.6 Å². The average molecular weight is 743 g/mol. The van der Waals surface area contributed by atoms with Crippen molar-refractivity contribution in [1.29, 1.82) is 0 Å². The summed E-state index contributed by atoms with van der Waals surface area (Å²) in [6.45, 7) is 5.93. The van der Waals surface area contributed by atoms with Crippen molar-refractivity contribution in [2.45, 2.75) is 38.9 Å². The minimum absolute atomic E-state index is 0.0322. The molecule has 5 aromatic carbocycles. The van der Waals surface area contributed by atoms with Crippen molar-refractivity contribution in [2.24, 2.45) is 0 Å². The zero-order valence-electron chi connectivity index (χ0n) is 30.8. The van der Waals surface area contributed by atoms with E-state index in [9.17, 15) is 4.79 Å². The molecular formula is C43H43ClN6O4. The summed E-state index contributed by atoms with van der Waals surface area (Å²) in [5.74, 6) is 2.11. The van der Waals surface area contributed by atoms with Crippen LogP contribution in [0.3, 0.4) is 0 Å². The van der Waals surface area contributed by atoms with Gasteiger partial charge >= 0.3 is 0 Å².